The molecule has 0 spiro atoms. The molecule has 1 aromatic carbocycles. The number of rotatable bonds is 6. The lowest BCUT2D eigenvalue weighted by molar-refractivity contribution is -0.128. The van der Waals surface area contributed by atoms with E-state index in [9.17, 15) is 9.90 Å². The first kappa shape index (κ1) is 16.8. The van der Waals surface area contributed by atoms with Crippen LogP contribution in [0.5, 0.6) is 5.75 Å². The SMILES string of the molecule is CC(Oc1ccccc1Cl)C(=O)NCC(C)(O)c1ccsc1. The summed E-state index contributed by atoms with van der Waals surface area (Å²) in [5, 5.41) is 17.3. The molecule has 0 bridgehead atoms. The largest absolute Gasteiger partial charge is 0.479 e. The minimum absolute atomic E-state index is 0.110. The van der Waals surface area contributed by atoms with Gasteiger partial charge in [-0.15, -0.1) is 0 Å². The molecule has 1 aromatic heterocycles. The molecule has 0 saturated heterocycles. The number of para-hydroxylation sites is 1. The van der Waals surface area contributed by atoms with Crippen LogP contribution in [0.15, 0.2) is 41.1 Å². The highest BCUT2D eigenvalue weighted by atomic mass is 35.5. The highest BCUT2D eigenvalue weighted by molar-refractivity contribution is 7.08. The molecule has 118 valence electrons. The van der Waals surface area contributed by atoms with Crippen molar-refractivity contribution in [2.45, 2.75) is 25.6 Å². The number of hydrogen-bond acceptors (Lipinski definition) is 4. The number of carbonyl (C=O) groups excluding carboxylic acids is 1. The van der Waals surface area contributed by atoms with Crippen molar-refractivity contribution in [1.82, 2.24) is 5.32 Å². The van der Waals surface area contributed by atoms with Gasteiger partial charge in [-0.1, -0.05) is 23.7 Å². The van der Waals surface area contributed by atoms with Gasteiger partial charge >= 0.3 is 0 Å². The molecule has 0 fully saturated rings. The van der Waals surface area contributed by atoms with Crippen molar-refractivity contribution in [3.63, 3.8) is 0 Å². The summed E-state index contributed by atoms with van der Waals surface area (Å²) in [4.78, 5) is 12.1. The van der Waals surface area contributed by atoms with E-state index in [2.05, 4.69) is 5.32 Å². The predicted octanol–water partition coefficient (Wildman–Crippen LogP) is 3.19. The number of thiophene rings is 1. The Morgan fingerprint density at radius 2 is 2.18 bits per heavy atom. The van der Waals surface area contributed by atoms with E-state index in [-0.39, 0.29) is 12.5 Å². The summed E-state index contributed by atoms with van der Waals surface area (Å²) in [6.07, 6.45) is -0.710. The number of halogens is 1. The zero-order valence-electron chi connectivity index (χ0n) is 12.4. The minimum Gasteiger partial charge on any atom is -0.479 e. The van der Waals surface area contributed by atoms with Crippen molar-refractivity contribution in [1.29, 1.82) is 0 Å². The third-order valence-corrected chi connectivity index (χ3v) is 4.26. The summed E-state index contributed by atoms with van der Waals surface area (Å²) in [7, 11) is 0. The summed E-state index contributed by atoms with van der Waals surface area (Å²) < 4.78 is 5.54. The number of amides is 1. The van der Waals surface area contributed by atoms with E-state index in [1.807, 2.05) is 16.8 Å². The third kappa shape index (κ3) is 4.22. The molecule has 22 heavy (non-hydrogen) atoms. The second kappa shape index (κ2) is 7.13. The highest BCUT2D eigenvalue weighted by Gasteiger charge is 2.26. The Bertz CT molecular complexity index is 628. The number of nitrogens with one attached hydrogen (secondary N) is 1. The van der Waals surface area contributed by atoms with Crippen molar-refractivity contribution >= 4 is 28.8 Å². The van der Waals surface area contributed by atoms with Gasteiger partial charge in [-0.25, -0.2) is 0 Å². The molecule has 2 N–H and O–H groups in total. The lowest BCUT2D eigenvalue weighted by Gasteiger charge is -2.24. The van der Waals surface area contributed by atoms with Crippen LogP contribution >= 0.6 is 22.9 Å². The van der Waals surface area contributed by atoms with E-state index in [0.717, 1.165) is 5.56 Å². The molecule has 0 saturated carbocycles. The fourth-order valence-corrected chi connectivity index (χ4v) is 2.82. The maximum absolute atomic E-state index is 12.1. The fourth-order valence-electron chi connectivity index (χ4n) is 1.86. The van der Waals surface area contributed by atoms with Crippen LogP contribution in [0.2, 0.25) is 5.02 Å². The van der Waals surface area contributed by atoms with Gasteiger partial charge in [-0.05, 0) is 48.4 Å². The Balaban J connectivity index is 1.91. The van der Waals surface area contributed by atoms with Gasteiger partial charge in [0.15, 0.2) is 6.10 Å². The van der Waals surface area contributed by atoms with E-state index < -0.39 is 11.7 Å². The minimum atomic E-state index is -1.11. The van der Waals surface area contributed by atoms with Crippen molar-refractivity contribution in [2.24, 2.45) is 0 Å². The molecule has 1 heterocycles. The summed E-state index contributed by atoms with van der Waals surface area (Å²) in [5.74, 6) is 0.145. The lowest BCUT2D eigenvalue weighted by Crippen LogP contribution is -2.43. The lowest BCUT2D eigenvalue weighted by atomic mass is 9.99. The van der Waals surface area contributed by atoms with Gasteiger partial charge in [0.1, 0.15) is 11.4 Å². The molecule has 4 nitrogen and oxygen atoms in total. The van der Waals surface area contributed by atoms with Crippen LogP contribution in [0.1, 0.15) is 19.4 Å². The molecule has 2 aromatic rings. The molecule has 1 amide bonds. The fraction of sp³-hybridized carbons (Fsp3) is 0.312. The molecular weight excluding hydrogens is 322 g/mol. The molecule has 2 rings (SSSR count). The second-order valence-electron chi connectivity index (χ2n) is 5.19. The first-order chi connectivity index (χ1) is 10.4. The van der Waals surface area contributed by atoms with Crippen molar-refractivity contribution in [2.75, 3.05) is 6.54 Å². The van der Waals surface area contributed by atoms with Crippen molar-refractivity contribution in [3.05, 3.63) is 51.7 Å². The molecule has 0 aliphatic carbocycles. The van der Waals surface area contributed by atoms with Gasteiger partial charge in [-0.2, -0.15) is 11.3 Å². The van der Waals surface area contributed by atoms with E-state index in [0.29, 0.717) is 10.8 Å². The Morgan fingerprint density at radius 3 is 2.82 bits per heavy atom. The smallest absolute Gasteiger partial charge is 0.260 e. The first-order valence-corrected chi connectivity index (χ1v) is 8.16. The Morgan fingerprint density at radius 1 is 1.45 bits per heavy atom. The number of hydrogen-bond donors (Lipinski definition) is 2. The number of benzene rings is 1. The first-order valence-electron chi connectivity index (χ1n) is 6.84. The van der Waals surface area contributed by atoms with Gasteiger partial charge in [0, 0.05) is 0 Å². The normalized spacial score (nSPS) is 14.9. The standard InChI is InChI=1S/C16H18ClNO3S/c1-11(21-14-6-4-3-5-13(14)17)15(19)18-10-16(2,20)12-7-8-22-9-12/h3-9,11,20H,10H2,1-2H3,(H,18,19). The summed E-state index contributed by atoms with van der Waals surface area (Å²) in [5.41, 5.74) is -0.336. The van der Waals surface area contributed by atoms with E-state index in [4.69, 9.17) is 16.3 Å². The monoisotopic (exact) mass is 339 g/mol. The second-order valence-corrected chi connectivity index (χ2v) is 6.38. The van der Waals surface area contributed by atoms with Gasteiger partial charge in [0.2, 0.25) is 0 Å². The van der Waals surface area contributed by atoms with Gasteiger partial charge < -0.3 is 15.2 Å². The van der Waals surface area contributed by atoms with Crippen LogP contribution in [-0.4, -0.2) is 23.7 Å². The number of ether oxygens (including phenoxy) is 1. The molecular formula is C16H18ClNO3S. The Labute approximate surface area is 138 Å². The van der Waals surface area contributed by atoms with E-state index in [1.54, 1.807) is 38.1 Å². The van der Waals surface area contributed by atoms with Gasteiger partial charge in [-0.3, -0.25) is 4.79 Å². The van der Waals surface area contributed by atoms with Crippen LogP contribution in [0.3, 0.4) is 0 Å². The maximum atomic E-state index is 12.1. The van der Waals surface area contributed by atoms with Crippen LogP contribution in [0.4, 0.5) is 0 Å². The Hall–Kier alpha value is -1.56. The van der Waals surface area contributed by atoms with Crippen LogP contribution in [-0.2, 0) is 10.4 Å². The average Bonchev–Trinajstić information content (AvgIpc) is 3.02. The summed E-state index contributed by atoms with van der Waals surface area (Å²) in [6.45, 7) is 3.41. The predicted molar refractivity (Wildman–Crippen MR) is 88.4 cm³/mol. The highest BCUT2D eigenvalue weighted by Crippen LogP contribution is 2.25. The molecule has 0 aliphatic rings. The topological polar surface area (TPSA) is 58.6 Å². The third-order valence-electron chi connectivity index (χ3n) is 3.26. The maximum Gasteiger partial charge on any atom is 0.260 e. The van der Waals surface area contributed by atoms with Crippen LogP contribution < -0.4 is 10.1 Å². The average molecular weight is 340 g/mol. The number of carbonyl (C=O) groups is 1. The van der Waals surface area contributed by atoms with E-state index in [1.165, 1.54) is 11.3 Å². The molecule has 2 unspecified atom stereocenters. The van der Waals surface area contributed by atoms with Gasteiger partial charge in [0.25, 0.3) is 5.91 Å². The summed E-state index contributed by atoms with van der Waals surface area (Å²) in [6, 6.07) is 8.81. The Kier molecular flexibility index (Phi) is 5.45. The molecule has 6 heteroatoms. The zero-order valence-corrected chi connectivity index (χ0v) is 13.9. The van der Waals surface area contributed by atoms with Crippen molar-refractivity contribution < 1.29 is 14.6 Å². The van der Waals surface area contributed by atoms with Gasteiger partial charge in [0.05, 0.1) is 11.6 Å². The molecule has 0 radical (unpaired) electrons. The molecule has 0 aliphatic heterocycles. The van der Waals surface area contributed by atoms with E-state index >= 15 is 0 Å². The summed E-state index contributed by atoms with van der Waals surface area (Å²) >= 11 is 7.49. The van der Waals surface area contributed by atoms with Crippen LogP contribution in [0.25, 0.3) is 0 Å². The molecule has 2 atom stereocenters. The van der Waals surface area contributed by atoms with Crippen LogP contribution in [0, 0.1) is 0 Å². The van der Waals surface area contributed by atoms with Crippen molar-refractivity contribution in [3.8, 4) is 5.75 Å². The zero-order chi connectivity index (χ0) is 16.2. The number of aliphatic hydroxyl groups is 1. The quantitative estimate of drug-likeness (QED) is 0.849.